The molecule has 1 aliphatic rings. The molecule has 1 atom stereocenters. The average Bonchev–Trinajstić information content (AvgIpc) is 3.48. The third-order valence-electron chi connectivity index (χ3n) is 5.69. The molecule has 3 aromatic carbocycles. The van der Waals surface area contributed by atoms with Crippen molar-refractivity contribution in [3.05, 3.63) is 96.1 Å². The van der Waals surface area contributed by atoms with Crippen LogP contribution in [0.1, 0.15) is 18.3 Å². The Hall–Kier alpha value is -3.65. The van der Waals surface area contributed by atoms with Crippen LogP contribution in [0.25, 0.3) is 5.69 Å². The number of carbonyl (C=O) groups excluding carboxylic acids is 1. The number of hydrogen-bond donors (Lipinski definition) is 0. The van der Waals surface area contributed by atoms with Crippen molar-refractivity contribution in [3.8, 4) is 11.4 Å². The summed E-state index contributed by atoms with van der Waals surface area (Å²) in [5.74, 6) is 0.258. The number of aromatic nitrogens is 3. The number of anilines is 1. The molecular formula is C26H23FN4O2S. The van der Waals surface area contributed by atoms with Crippen LogP contribution in [0.3, 0.4) is 0 Å². The molecule has 0 N–H and O–H groups in total. The molecule has 0 saturated heterocycles. The highest BCUT2D eigenvalue weighted by molar-refractivity contribution is 8.00. The van der Waals surface area contributed by atoms with Crippen LogP contribution in [0.5, 0.6) is 5.75 Å². The van der Waals surface area contributed by atoms with E-state index in [1.54, 1.807) is 18.2 Å². The van der Waals surface area contributed by atoms with Gasteiger partial charge in [-0.15, -0.1) is 10.2 Å². The number of benzene rings is 3. The van der Waals surface area contributed by atoms with Crippen LogP contribution in [-0.4, -0.2) is 32.5 Å². The van der Waals surface area contributed by atoms with E-state index >= 15 is 0 Å². The molecule has 172 valence electrons. The van der Waals surface area contributed by atoms with Crippen LogP contribution in [0.2, 0.25) is 0 Å². The fourth-order valence-corrected chi connectivity index (χ4v) is 4.95. The summed E-state index contributed by atoms with van der Waals surface area (Å²) in [5, 5.41) is 8.85. The lowest BCUT2D eigenvalue weighted by Gasteiger charge is -2.21. The highest BCUT2D eigenvalue weighted by atomic mass is 32.2. The molecular weight excluding hydrogens is 451 g/mol. The Balaban J connectivity index is 1.39. The van der Waals surface area contributed by atoms with Gasteiger partial charge in [0.25, 0.3) is 0 Å². The normalized spacial score (nSPS) is 13.5. The Bertz CT molecular complexity index is 1310. The van der Waals surface area contributed by atoms with Gasteiger partial charge in [-0.05, 0) is 49.2 Å². The monoisotopic (exact) mass is 474 g/mol. The first-order valence-corrected chi connectivity index (χ1v) is 11.9. The van der Waals surface area contributed by atoms with E-state index in [2.05, 4.69) is 16.3 Å². The maximum Gasteiger partial charge on any atom is 0.240 e. The molecule has 1 aromatic heterocycles. The van der Waals surface area contributed by atoms with Gasteiger partial charge >= 0.3 is 0 Å². The molecule has 5 rings (SSSR count). The van der Waals surface area contributed by atoms with E-state index in [0.29, 0.717) is 17.5 Å². The van der Waals surface area contributed by atoms with E-state index in [-0.39, 0.29) is 23.5 Å². The summed E-state index contributed by atoms with van der Waals surface area (Å²) < 4.78 is 21.6. The number of ether oxygens (including phenoxy) is 1. The number of amides is 1. The number of para-hydroxylation sites is 3. The first-order chi connectivity index (χ1) is 16.6. The minimum Gasteiger partial charge on any atom is -0.483 e. The van der Waals surface area contributed by atoms with Gasteiger partial charge in [0.15, 0.2) is 22.5 Å². The zero-order valence-electron chi connectivity index (χ0n) is 18.6. The predicted molar refractivity (Wildman–Crippen MR) is 130 cm³/mol. The van der Waals surface area contributed by atoms with E-state index in [9.17, 15) is 9.18 Å². The van der Waals surface area contributed by atoms with Crippen LogP contribution in [0.15, 0.2) is 84.0 Å². The molecule has 6 nitrogen and oxygen atoms in total. The summed E-state index contributed by atoms with van der Waals surface area (Å²) in [5.41, 5.74) is 3.00. The van der Waals surface area contributed by atoms with Crippen LogP contribution in [-0.2, 0) is 17.8 Å². The van der Waals surface area contributed by atoms with Gasteiger partial charge in [-0.1, -0.05) is 60.3 Å². The second-order valence-corrected chi connectivity index (χ2v) is 9.23. The largest absolute Gasteiger partial charge is 0.483 e. The number of halogens is 1. The van der Waals surface area contributed by atoms with E-state index in [1.807, 2.05) is 64.9 Å². The first kappa shape index (κ1) is 22.2. The van der Waals surface area contributed by atoms with Crippen molar-refractivity contribution < 1.29 is 13.9 Å². The Morgan fingerprint density at radius 2 is 1.76 bits per heavy atom. The van der Waals surface area contributed by atoms with Crippen molar-refractivity contribution in [2.75, 3.05) is 11.4 Å². The van der Waals surface area contributed by atoms with Crippen molar-refractivity contribution in [2.45, 2.75) is 30.4 Å². The molecule has 34 heavy (non-hydrogen) atoms. The van der Waals surface area contributed by atoms with E-state index in [1.165, 1.54) is 23.4 Å². The van der Waals surface area contributed by atoms with Gasteiger partial charge in [0, 0.05) is 17.9 Å². The number of nitrogens with zero attached hydrogens (tertiary/aromatic N) is 4. The fourth-order valence-electron chi connectivity index (χ4n) is 4.01. The highest BCUT2D eigenvalue weighted by Gasteiger charge is 2.30. The molecule has 4 aromatic rings. The van der Waals surface area contributed by atoms with Crippen LogP contribution in [0.4, 0.5) is 10.1 Å². The van der Waals surface area contributed by atoms with Gasteiger partial charge in [0.2, 0.25) is 5.91 Å². The quantitative estimate of drug-likeness (QED) is 0.351. The minimum atomic E-state index is -0.437. The number of carbonyl (C=O) groups is 1. The Morgan fingerprint density at radius 1 is 1.03 bits per heavy atom. The summed E-state index contributed by atoms with van der Waals surface area (Å²) in [6.07, 6.45) is 0.858. The summed E-state index contributed by atoms with van der Waals surface area (Å²) >= 11 is 1.35. The summed E-state index contributed by atoms with van der Waals surface area (Å²) in [7, 11) is 0. The maximum atomic E-state index is 14.0. The van der Waals surface area contributed by atoms with Crippen LogP contribution < -0.4 is 9.64 Å². The fraction of sp³-hybridized carbons (Fsp3) is 0.192. The summed E-state index contributed by atoms with van der Waals surface area (Å²) in [6.45, 7) is 2.59. The van der Waals surface area contributed by atoms with E-state index in [0.717, 1.165) is 17.8 Å². The van der Waals surface area contributed by atoms with Gasteiger partial charge in [0.05, 0.1) is 5.25 Å². The molecule has 0 fully saturated rings. The highest BCUT2D eigenvalue weighted by Crippen LogP contribution is 2.32. The van der Waals surface area contributed by atoms with Crippen LogP contribution in [0, 0.1) is 5.82 Å². The summed E-state index contributed by atoms with van der Waals surface area (Å²) in [6, 6.07) is 23.9. The lowest BCUT2D eigenvalue weighted by atomic mass is 10.2. The zero-order valence-corrected chi connectivity index (χ0v) is 19.4. The van der Waals surface area contributed by atoms with Crippen molar-refractivity contribution in [3.63, 3.8) is 0 Å². The Labute approximate surface area is 201 Å². The lowest BCUT2D eigenvalue weighted by molar-refractivity contribution is -0.117. The topological polar surface area (TPSA) is 60.3 Å². The van der Waals surface area contributed by atoms with Crippen molar-refractivity contribution >= 4 is 23.4 Å². The third kappa shape index (κ3) is 4.41. The second kappa shape index (κ2) is 9.69. The predicted octanol–water partition coefficient (Wildman–Crippen LogP) is 5.06. The number of hydrogen-bond acceptors (Lipinski definition) is 5. The van der Waals surface area contributed by atoms with E-state index in [4.69, 9.17) is 4.74 Å². The van der Waals surface area contributed by atoms with Crippen molar-refractivity contribution in [1.29, 1.82) is 0 Å². The lowest BCUT2D eigenvalue weighted by Crippen LogP contribution is -2.35. The molecule has 0 bridgehead atoms. The first-order valence-electron chi connectivity index (χ1n) is 11.0. The number of rotatable bonds is 7. The van der Waals surface area contributed by atoms with Gasteiger partial charge in [-0.3, -0.25) is 9.36 Å². The molecule has 2 heterocycles. The molecule has 8 heteroatoms. The van der Waals surface area contributed by atoms with Crippen molar-refractivity contribution in [2.24, 2.45) is 0 Å². The molecule has 0 unspecified atom stereocenters. The zero-order chi connectivity index (χ0) is 23.5. The Kier molecular flexibility index (Phi) is 6.31. The molecule has 1 amide bonds. The SMILES string of the molecule is C[C@H](Sc1nnc(COc2ccccc2F)n1-c1ccccc1)C(=O)N1CCc2ccccc21. The maximum absolute atomic E-state index is 14.0. The smallest absolute Gasteiger partial charge is 0.240 e. The average molecular weight is 475 g/mol. The number of thioether (sulfide) groups is 1. The molecule has 1 aliphatic heterocycles. The second-order valence-electron chi connectivity index (χ2n) is 7.92. The number of fused-ring (bicyclic) bond motifs is 1. The Morgan fingerprint density at radius 3 is 2.59 bits per heavy atom. The van der Waals surface area contributed by atoms with Gasteiger partial charge < -0.3 is 9.64 Å². The molecule has 0 saturated carbocycles. The molecule has 0 spiro atoms. The molecule has 0 aliphatic carbocycles. The van der Waals surface area contributed by atoms with Gasteiger partial charge in [0.1, 0.15) is 6.61 Å². The molecule has 0 radical (unpaired) electrons. The van der Waals surface area contributed by atoms with Crippen molar-refractivity contribution in [1.82, 2.24) is 14.8 Å². The summed E-state index contributed by atoms with van der Waals surface area (Å²) in [4.78, 5) is 15.1. The third-order valence-corrected chi connectivity index (χ3v) is 6.72. The van der Waals surface area contributed by atoms with Gasteiger partial charge in [-0.2, -0.15) is 0 Å². The standard InChI is InChI=1S/C26H23FN4O2S/c1-18(25(32)30-16-15-19-9-5-7-13-22(19)30)34-26-29-28-24(31(26)20-10-3-2-4-11-20)17-33-23-14-8-6-12-21(23)27/h2-14,18H,15-17H2,1H3/t18-/m0/s1. The van der Waals surface area contributed by atoms with Gasteiger partial charge in [-0.25, -0.2) is 4.39 Å². The van der Waals surface area contributed by atoms with E-state index < -0.39 is 5.82 Å². The van der Waals surface area contributed by atoms with Crippen LogP contribution >= 0.6 is 11.8 Å². The minimum absolute atomic E-state index is 0.0294.